The van der Waals surface area contributed by atoms with Crippen molar-refractivity contribution in [2.24, 2.45) is 29.4 Å². The van der Waals surface area contributed by atoms with Crippen molar-refractivity contribution in [1.29, 1.82) is 0 Å². The van der Waals surface area contributed by atoms with Gasteiger partial charge in [-0.2, -0.15) is 0 Å². The fourth-order valence-electron chi connectivity index (χ4n) is 6.06. The molecular weight excluding hydrogens is 464 g/mol. The SMILES string of the molecule is CCC1C(O)=C(C(N)=O)C(=O)C2C(O)=C3C(=O)c4c(O)c(/C=C/C(C)=O)cc(N(C)C)c4CC3CC12. The van der Waals surface area contributed by atoms with Crippen LogP contribution in [0.3, 0.4) is 0 Å². The predicted molar refractivity (Wildman–Crippen MR) is 133 cm³/mol. The van der Waals surface area contributed by atoms with Crippen LogP contribution in [0.1, 0.15) is 48.2 Å². The Labute approximate surface area is 208 Å². The zero-order valence-corrected chi connectivity index (χ0v) is 20.7. The van der Waals surface area contributed by atoms with Gasteiger partial charge in [-0.3, -0.25) is 19.2 Å². The van der Waals surface area contributed by atoms with Gasteiger partial charge >= 0.3 is 0 Å². The molecule has 0 saturated carbocycles. The summed E-state index contributed by atoms with van der Waals surface area (Å²) in [6.45, 7) is 3.18. The fraction of sp³-hybridized carbons (Fsp3) is 0.407. The van der Waals surface area contributed by atoms with E-state index in [9.17, 15) is 34.5 Å². The number of carbonyl (C=O) groups excluding carboxylic acids is 4. The van der Waals surface area contributed by atoms with Gasteiger partial charge in [0, 0.05) is 36.8 Å². The van der Waals surface area contributed by atoms with E-state index < -0.39 is 52.5 Å². The van der Waals surface area contributed by atoms with Gasteiger partial charge in [0.2, 0.25) is 0 Å². The molecular formula is C27H30N2O7. The number of rotatable bonds is 5. The number of aliphatic hydroxyl groups excluding tert-OH is 2. The Hall–Kier alpha value is -3.88. The van der Waals surface area contributed by atoms with E-state index in [-0.39, 0.29) is 34.0 Å². The van der Waals surface area contributed by atoms with Gasteiger partial charge in [0.15, 0.2) is 17.3 Å². The first-order valence-electron chi connectivity index (χ1n) is 11.9. The minimum Gasteiger partial charge on any atom is -0.511 e. The molecule has 0 bridgehead atoms. The third kappa shape index (κ3) is 3.70. The summed E-state index contributed by atoms with van der Waals surface area (Å²) in [5.74, 6) is -6.52. The Morgan fingerprint density at radius 2 is 1.83 bits per heavy atom. The number of phenols is 1. The van der Waals surface area contributed by atoms with Crippen LogP contribution in [0.4, 0.5) is 5.69 Å². The fourth-order valence-corrected chi connectivity index (χ4v) is 6.06. The number of primary amides is 1. The van der Waals surface area contributed by atoms with Crippen LogP contribution in [-0.2, 0) is 20.8 Å². The van der Waals surface area contributed by atoms with Gasteiger partial charge < -0.3 is 26.0 Å². The second-order valence-electron chi connectivity index (χ2n) is 9.94. The molecule has 1 amide bonds. The minimum absolute atomic E-state index is 0.0180. The number of phenolic OH excluding ortho intramolecular Hbond substituents is 1. The van der Waals surface area contributed by atoms with Crippen LogP contribution >= 0.6 is 0 Å². The summed E-state index contributed by atoms with van der Waals surface area (Å²) in [6, 6.07) is 1.70. The Balaban J connectivity index is 1.92. The van der Waals surface area contributed by atoms with Crippen molar-refractivity contribution in [3.8, 4) is 5.75 Å². The molecule has 0 fully saturated rings. The summed E-state index contributed by atoms with van der Waals surface area (Å²) in [5.41, 5.74) is 6.46. The van der Waals surface area contributed by atoms with Crippen LogP contribution in [-0.4, -0.2) is 52.7 Å². The van der Waals surface area contributed by atoms with Crippen LogP contribution in [0.2, 0.25) is 0 Å². The van der Waals surface area contributed by atoms with Crippen LogP contribution in [0.15, 0.2) is 34.8 Å². The number of anilines is 1. The van der Waals surface area contributed by atoms with Gasteiger partial charge in [-0.05, 0) is 61.8 Å². The largest absolute Gasteiger partial charge is 0.511 e. The van der Waals surface area contributed by atoms with E-state index in [0.29, 0.717) is 30.5 Å². The highest BCUT2D eigenvalue weighted by Crippen LogP contribution is 2.53. The molecule has 190 valence electrons. The van der Waals surface area contributed by atoms with Gasteiger partial charge in [0.1, 0.15) is 22.8 Å². The smallest absolute Gasteiger partial charge is 0.255 e. The maximum atomic E-state index is 13.8. The van der Waals surface area contributed by atoms with E-state index in [1.54, 1.807) is 20.2 Å². The monoisotopic (exact) mass is 494 g/mol. The molecule has 1 aromatic rings. The maximum absolute atomic E-state index is 13.8. The molecule has 3 aliphatic rings. The van der Waals surface area contributed by atoms with E-state index in [0.717, 1.165) is 0 Å². The normalized spacial score (nSPS) is 25.6. The molecule has 0 heterocycles. The van der Waals surface area contributed by atoms with Gasteiger partial charge in [0.25, 0.3) is 5.91 Å². The van der Waals surface area contributed by atoms with Crippen molar-refractivity contribution in [2.45, 2.75) is 33.1 Å². The second-order valence-corrected chi connectivity index (χ2v) is 9.94. The van der Waals surface area contributed by atoms with Crippen molar-refractivity contribution in [3.63, 3.8) is 0 Å². The zero-order valence-electron chi connectivity index (χ0n) is 20.7. The highest BCUT2D eigenvalue weighted by atomic mass is 16.3. The predicted octanol–water partition coefficient (Wildman–Crippen LogP) is 2.77. The van der Waals surface area contributed by atoms with E-state index in [4.69, 9.17) is 5.73 Å². The number of nitrogens with two attached hydrogens (primary N) is 1. The van der Waals surface area contributed by atoms with Gasteiger partial charge in [-0.15, -0.1) is 0 Å². The average molecular weight is 495 g/mol. The van der Waals surface area contributed by atoms with Crippen LogP contribution in [0.25, 0.3) is 6.08 Å². The molecule has 5 N–H and O–H groups in total. The number of carbonyl (C=O) groups is 4. The van der Waals surface area contributed by atoms with Crippen molar-refractivity contribution < 1.29 is 34.5 Å². The molecule has 4 atom stereocenters. The van der Waals surface area contributed by atoms with Crippen LogP contribution < -0.4 is 10.6 Å². The lowest BCUT2D eigenvalue weighted by Gasteiger charge is -2.44. The lowest BCUT2D eigenvalue weighted by molar-refractivity contribution is -0.127. The van der Waals surface area contributed by atoms with E-state index in [1.165, 1.54) is 19.1 Å². The molecule has 4 rings (SSSR count). The quantitative estimate of drug-likeness (QED) is 0.359. The van der Waals surface area contributed by atoms with Crippen molar-refractivity contribution in [1.82, 2.24) is 0 Å². The molecule has 9 heteroatoms. The molecule has 0 aromatic heterocycles. The van der Waals surface area contributed by atoms with Gasteiger partial charge in [-0.1, -0.05) is 6.92 Å². The lowest BCUT2D eigenvalue weighted by atomic mass is 9.59. The number of Topliss-reactive ketones (excluding diaryl/α,β-unsaturated/α-hetero) is 2. The molecule has 0 saturated heterocycles. The third-order valence-electron chi connectivity index (χ3n) is 7.62. The lowest BCUT2D eigenvalue weighted by Crippen LogP contribution is -2.47. The molecule has 0 aliphatic heterocycles. The van der Waals surface area contributed by atoms with E-state index in [1.807, 2.05) is 11.8 Å². The summed E-state index contributed by atoms with van der Waals surface area (Å²) >= 11 is 0. The number of amides is 1. The third-order valence-corrected chi connectivity index (χ3v) is 7.62. The molecule has 9 nitrogen and oxygen atoms in total. The van der Waals surface area contributed by atoms with Gasteiger partial charge in [0.05, 0.1) is 11.5 Å². The number of fused-ring (bicyclic) bond motifs is 3. The van der Waals surface area contributed by atoms with Crippen molar-refractivity contribution in [3.05, 3.63) is 51.5 Å². The van der Waals surface area contributed by atoms with E-state index in [2.05, 4.69) is 0 Å². The first-order chi connectivity index (χ1) is 16.9. The van der Waals surface area contributed by atoms with E-state index >= 15 is 0 Å². The van der Waals surface area contributed by atoms with Gasteiger partial charge in [-0.25, -0.2) is 0 Å². The first-order valence-corrected chi connectivity index (χ1v) is 11.9. The van der Waals surface area contributed by atoms with Crippen molar-refractivity contribution >= 4 is 35.0 Å². The Bertz CT molecular complexity index is 1300. The molecule has 1 aromatic carbocycles. The number of nitrogens with zero attached hydrogens (tertiary/aromatic N) is 1. The number of ketones is 3. The highest BCUT2D eigenvalue weighted by molar-refractivity contribution is 6.22. The Morgan fingerprint density at radius 1 is 1.17 bits per heavy atom. The molecule has 0 spiro atoms. The maximum Gasteiger partial charge on any atom is 0.255 e. The minimum atomic E-state index is -1.18. The highest BCUT2D eigenvalue weighted by Gasteiger charge is 2.53. The van der Waals surface area contributed by atoms with Crippen molar-refractivity contribution in [2.75, 3.05) is 19.0 Å². The number of hydrogen-bond acceptors (Lipinski definition) is 8. The van der Waals surface area contributed by atoms with Crippen LogP contribution in [0.5, 0.6) is 5.75 Å². The second kappa shape index (κ2) is 8.96. The number of allylic oxidation sites excluding steroid dienone is 4. The zero-order chi connectivity index (χ0) is 26.6. The first kappa shape index (κ1) is 25.2. The molecule has 3 aliphatic carbocycles. The molecule has 0 radical (unpaired) electrons. The summed E-state index contributed by atoms with van der Waals surface area (Å²) in [6.07, 6.45) is 3.77. The summed E-state index contributed by atoms with van der Waals surface area (Å²) < 4.78 is 0. The molecule has 36 heavy (non-hydrogen) atoms. The number of benzene rings is 1. The Morgan fingerprint density at radius 3 is 2.39 bits per heavy atom. The summed E-state index contributed by atoms with van der Waals surface area (Å²) in [7, 11) is 3.60. The standard InChI is InChI=1S/C27H30N2O7/c1-5-14-15-8-13-9-16-17(29(3)4)10-12(7-6-11(2)30)22(31)20(16)25(34)18(13)24(33)19(15)26(35)21(23(14)32)27(28)36/h6-7,10,13-15,19,31-33H,5,8-9H2,1-4H3,(H2,28,36)/b7-6+. The summed E-state index contributed by atoms with van der Waals surface area (Å²) in [5, 5.41) is 33.0. The Kier molecular flexibility index (Phi) is 6.28. The average Bonchev–Trinajstić information content (AvgIpc) is 2.77. The van der Waals surface area contributed by atoms with Crippen LogP contribution in [0, 0.1) is 23.7 Å². The topological polar surface area (TPSA) is 158 Å². The number of aromatic hydroxyl groups is 1. The number of aliphatic hydroxyl groups is 2. The molecule has 4 unspecified atom stereocenters. The summed E-state index contributed by atoms with van der Waals surface area (Å²) in [4.78, 5) is 52.3. The number of hydrogen-bond donors (Lipinski definition) is 4.